The third-order valence-corrected chi connectivity index (χ3v) is 6.63. The molecule has 0 spiro atoms. The van der Waals surface area contributed by atoms with Crippen molar-refractivity contribution < 1.29 is 0 Å². The highest BCUT2D eigenvalue weighted by Crippen LogP contribution is 2.43. The molecule has 2 aliphatic rings. The molecule has 0 amide bonds. The zero-order valence-corrected chi connectivity index (χ0v) is 13.1. The van der Waals surface area contributed by atoms with Gasteiger partial charge in [0, 0.05) is 4.88 Å². The fourth-order valence-electron chi connectivity index (χ4n) is 3.71. The lowest BCUT2D eigenvalue weighted by atomic mass is 9.76. The van der Waals surface area contributed by atoms with Crippen LogP contribution < -0.4 is 5.32 Å². The Morgan fingerprint density at radius 3 is 2.63 bits per heavy atom. The minimum atomic E-state index is 0.188. The van der Waals surface area contributed by atoms with E-state index in [9.17, 15) is 0 Å². The lowest BCUT2D eigenvalue weighted by Crippen LogP contribution is -2.43. The van der Waals surface area contributed by atoms with Crippen molar-refractivity contribution in [2.75, 3.05) is 7.05 Å². The molecule has 0 radical (unpaired) electrons. The average Bonchev–Trinajstić information content (AvgIpc) is 2.92. The lowest BCUT2D eigenvalue weighted by Gasteiger charge is -2.38. The van der Waals surface area contributed by atoms with E-state index in [1.54, 1.807) is 4.88 Å². The van der Waals surface area contributed by atoms with Crippen LogP contribution in [-0.2, 0) is 18.4 Å². The number of aromatic nitrogens is 1. The predicted molar refractivity (Wildman–Crippen MR) is 81.7 cm³/mol. The molecule has 0 aromatic carbocycles. The molecule has 0 saturated heterocycles. The van der Waals surface area contributed by atoms with Crippen LogP contribution in [0.1, 0.15) is 67.4 Å². The van der Waals surface area contributed by atoms with Crippen LogP contribution in [0.3, 0.4) is 0 Å². The van der Waals surface area contributed by atoms with Gasteiger partial charge in [0.05, 0.1) is 11.2 Å². The first-order chi connectivity index (χ1) is 9.27. The maximum absolute atomic E-state index is 5.02. The van der Waals surface area contributed by atoms with Crippen LogP contribution in [0, 0.1) is 5.92 Å². The summed E-state index contributed by atoms with van der Waals surface area (Å²) in [4.78, 5) is 6.60. The fraction of sp³-hybridized carbons (Fsp3) is 0.812. The van der Waals surface area contributed by atoms with E-state index in [4.69, 9.17) is 4.98 Å². The first-order valence-electron chi connectivity index (χ1n) is 7.95. The Hall–Kier alpha value is -0.410. The van der Waals surface area contributed by atoms with Gasteiger partial charge in [0.25, 0.3) is 0 Å². The van der Waals surface area contributed by atoms with Crippen LogP contribution in [0.5, 0.6) is 0 Å². The SMILES string of the molecule is CCC1CCC(NC)(c2nc3c(s2)CCCC3)CC1. The Balaban J connectivity index is 1.84. The van der Waals surface area contributed by atoms with Gasteiger partial charge in [0.15, 0.2) is 0 Å². The molecule has 2 nitrogen and oxygen atoms in total. The molecule has 106 valence electrons. The minimum absolute atomic E-state index is 0.188. The molecule has 0 unspecified atom stereocenters. The van der Waals surface area contributed by atoms with E-state index in [-0.39, 0.29) is 5.54 Å². The number of nitrogens with one attached hydrogen (secondary N) is 1. The van der Waals surface area contributed by atoms with Crippen LogP contribution in [-0.4, -0.2) is 12.0 Å². The maximum atomic E-state index is 5.02. The van der Waals surface area contributed by atoms with Gasteiger partial charge in [0.1, 0.15) is 5.01 Å². The molecule has 3 rings (SSSR count). The second-order valence-corrected chi connectivity index (χ2v) is 7.36. The van der Waals surface area contributed by atoms with Crippen LogP contribution in [0.4, 0.5) is 0 Å². The molecule has 19 heavy (non-hydrogen) atoms. The van der Waals surface area contributed by atoms with Crippen molar-refractivity contribution in [1.82, 2.24) is 10.3 Å². The molecule has 3 heteroatoms. The molecule has 1 N–H and O–H groups in total. The molecule has 0 atom stereocenters. The summed E-state index contributed by atoms with van der Waals surface area (Å²) in [5.74, 6) is 0.941. The monoisotopic (exact) mass is 278 g/mol. The fourth-order valence-corrected chi connectivity index (χ4v) is 5.11. The quantitative estimate of drug-likeness (QED) is 0.902. The highest BCUT2D eigenvalue weighted by molar-refractivity contribution is 7.11. The summed E-state index contributed by atoms with van der Waals surface area (Å²) in [7, 11) is 2.13. The van der Waals surface area contributed by atoms with E-state index in [2.05, 4.69) is 19.3 Å². The maximum Gasteiger partial charge on any atom is 0.113 e. The van der Waals surface area contributed by atoms with Gasteiger partial charge in [-0.15, -0.1) is 11.3 Å². The average molecular weight is 278 g/mol. The molecule has 1 fully saturated rings. The summed E-state index contributed by atoms with van der Waals surface area (Å²) in [6.07, 6.45) is 11.8. The molecule has 0 bridgehead atoms. The van der Waals surface area contributed by atoms with Crippen molar-refractivity contribution in [3.63, 3.8) is 0 Å². The van der Waals surface area contributed by atoms with Gasteiger partial charge in [-0.1, -0.05) is 13.3 Å². The molecule has 2 aliphatic carbocycles. The van der Waals surface area contributed by atoms with E-state index in [1.807, 2.05) is 11.3 Å². The summed E-state index contributed by atoms with van der Waals surface area (Å²) in [6.45, 7) is 2.33. The molecular weight excluding hydrogens is 252 g/mol. The Labute approximate surface area is 121 Å². The Morgan fingerprint density at radius 2 is 2.00 bits per heavy atom. The summed E-state index contributed by atoms with van der Waals surface area (Å²) >= 11 is 2.00. The molecule has 1 heterocycles. The van der Waals surface area contributed by atoms with Crippen LogP contribution >= 0.6 is 11.3 Å². The Kier molecular flexibility index (Phi) is 3.95. The van der Waals surface area contributed by atoms with E-state index in [0.717, 1.165) is 5.92 Å². The Morgan fingerprint density at radius 1 is 1.26 bits per heavy atom. The second kappa shape index (κ2) is 5.53. The number of aryl methyl sites for hydroxylation is 2. The third-order valence-electron chi connectivity index (χ3n) is 5.27. The van der Waals surface area contributed by atoms with E-state index in [1.165, 1.54) is 68.5 Å². The second-order valence-electron chi connectivity index (χ2n) is 6.28. The van der Waals surface area contributed by atoms with Crippen molar-refractivity contribution in [3.8, 4) is 0 Å². The topological polar surface area (TPSA) is 24.9 Å². The van der Waals surface area contributed by atoms with Gasteiger partial charge in [-0.05, 0) is 64.3 Å². The van der Waals surface area contributed by atoms with E-state index >= 15 is 0 Å². The zero-order chi connectivity index (χ0) is 13.3. The Bertz CT molecular complexity index is 406. The van der Waals surface area contributed by atoms with Crippen molar-refractivity contribution in [1.29, 1.82) is 0 Å². The van der Waals surface area contributed by atoms with Crippen molar-refractivity contribution in [2.45, 2.75) is 70.3 Å². The van der Waals surface area contributed by atoms with Crippen molar-refractivity contribution in [3.05, 3.63) is 15.6 Å². The lowest BCUT2D eigenvalue weighted by molar-refractivity contribution is 0.195. The summed E-state index contributed by atoms with van der Waals surface area (Å²) in [5, 5.41) is 5.02. The van der Waals surface area contributed by atoms with E-state index < -0.39 is 0 Å². The van der Waals surface area contributed by atoms with Crippen molar-refractivity contribution in [2.24, 2.45) is 5.92 Å². The van der Waals surface area contributed by atoms with Crippen LogP contribution in [0.15, 0.2) is 0 Å². The zero-order valence-electron chi connectivity index (χ0n) is 12.3. The largest absolute Gasteiger partial charge is 0.308 e. The van der Waals surface area contributed by atoms with Crippen molar-refractivity contribution >= 4 is 11.3 Å². The van der Waals surface area contributed by atoms with E-state index in [0.29, 0.717) is 0 Å². The number of hydrogen-bond donors (Lipinski definition) is 1. The molecule has 1 saturated carbocycles. The molecule has 0 aliphatic heterocycles. The predicted octanol–water partition coefficient (Wildman–Crippen LogP) is 4.04. The van der Waals surface area contributed by atoms with Gasteiger partial charge < -0.3 is 5.32 Å². The highest BCUT2D eigenvalue weighted by atomic mass is 32.1. The molecule has 1 aromatic heterocycles. The van der Waals surface area contributed by atoms with Gasteiger partial charge in [-0.25, -0.2) is 4.98 Å². The minimum Gasteiger partial charge on any atom is -0.308 e. The number of rotatable bonds is 3. The highest BCUT2D eigenvalue weighted by Gasteiger charge is 2.38. The number of nitrogens with zero attached hydrogens (tertiary/aromatic N) is 1. The van der Waals surface area contributed by atoms with Gasteiger partial charge in [-0.3, -0.25) is 0 Å². The number of thiazole rings is 1. The summed E-state index contributed by atoms with van der Waals surface area (Å²) < 4.78 is 0. The first kappa shape index (κ1) is 13.6. The number of fused-ring (bicyclic) bond motifs is 1. The normalized spacial score (nSPS) is 31.2. The first-order valence-corrected chi connectivity index (χ1v) is 8.77. The molecule has 1 aromatic rings. The third kappa shape index (κ3) is 2.47. The van der Waals surface area contributed by atoms with Gasteiger partial charge in [-0.2, -0.15) is 0 Å². The van der Waals surface area contributed by atoms with Crippen LogP contribution in [0.25, 0.3) is 0 Å². The number of hydrogen-bond acceptors (Lipinski definition) is 3. The summed E-state index contributed by atoms with van der Waals surface area (Å²) in [6, 6.07) is 0. The van der Waals surface area contributed by atoms with Gasteiger partial charge in [0.2, 0.25) is 0 Å². The summed E-state index contributed by atoms with van der Waals surface area (Å²) in [5.41, 5.74) is 1.60. The molecular formula is C16H26N2S. The standard InChI is InChI=1S/C16H26N2S/c1-3-12-8-10-16(17-2,11-9-12)15-18-13-6-4-5-7-14(13)19-15/h12,17H,3-11H2,1-2H3. The smallest absolute Gasteiger partial charge is 0.113 e. The van der Waals surface area contributed by atoms with Gasteiger partial charge >= 0.3 is 0 Å². The van der Waals surface area contributed by atoms with Crippen LogP contribution in [0.2, 0.25) is 0 Å².